The normalized spacial score (nSPS) is 14.9. The van der Waals surface area contributed by atoms with Gasteiger partial charge in [0.25, 0.3) is 0 Å². The van der Waals surface area contributed by atoms with Gasteiger partial charge in [-0.15, -0.1) is 0 Å². The van der Waals surface area contributed by atoms with Gasteiger partial charge in [-0.05, 0) is 76.5 Å². The zero-order chi connectivity index (χ0) is 20.6. The highest BCUT2D eigenvalue weighted by Gasteiger charge is 2.44. The molecule has 0 bridgehead atoms. The van der Waals surface area contributed by atoms with Crippen molar-refractivity contribution in [2.45, 2.75) is 72.0 Å². The highest BCUT2D eigenvalue weighted by molar-refractivity contribution is 6.69. The molecule has 148 valence electrons. The molecule has 0 saturated heterocycles. The Labute approximate surface area is 165 Å². The Kier molecular flexibility index (Phi) is 6.37. The number of rotatable bonds is 6. The van der Waals surface area contributed by atoms with Crippen molar-refractivity contribution in [3.63, 3.8) is 0 Å². The van der Waals surface area contributed by atoms with Gasteiger partial charge in [-0.1, -0.05) is 47.5 Å². The van der Waals surface area contributed by atoms with Gasteiger partial charge in [0.15, 0.2) is 8.32 Å². The minimum atomic E-state index is -1.80. The van der Waals surface area contributed by atoms with Crippen LogP contribution in [-0.4, -0.2) is 25.6 Å². The van der Waals surface area contributed by atoms with E-state index >= 15 is 0 Å². The molecular formula is C23H35NO2Si. The maximum absolute atomic E-state index is 12.2. The predicted molar refractivity (Wildman–Crippen MR) is 117 cm³/mol. The Morgan fingerprint density at radius 2 is 1.30 bits per heavy atom. The smallest absolute Gasteiger partial charge is 0.184 e. The monoisotopic (exact) mass is 385 g/mol. The summed E-state index contributed by atoms with van der Waals surface area (Å²) in [6, 6.07) is 11.8. The molecule has 0 fully saturated rings. The lowest BCUT2D eigenvalue weighted by atomic mass is 9.74. The van der Waals surface area contributed by atoms with Crippen LogP contribution >= 0.6 is 0 Å². The zero-order valence-corrected chi connectivity index (χ0v) is 19.1. The third-order valence-corrected chi connectivity index (χ3v) is 6.21. The lowest BCUT2D eigenvalue weighted by molar-refractivity contribution is 0.00509. The first kappa shape index (κ1) is 21.8. The summed E-state index contributed by atoms with van der Waals surface area (Å²) in [5, 5.41) is 12.2. The molecule has 3 nitrogen and oxygen atoms in total. The van der Waals surface area contributed by atoms with Gasteiger partial charge in [0.05, 0.1) is 12.1 Å². The Balaban J connectivity index is 2.72. The number of hydrogen-bond donors (Lipinski definition) is 2. The van der Waals surface area contributed by atoms with Crippen LogP contribution in [0.25, 0.3) is 0 Å². The van der Waals surface area contributed by atoms with Crippen LogP contribution in [-0.2, 0) is 10.0 Å². The summed E-state index contributed by atoms with van der Waals surface area (Å²) in [5.41, 5.74) is 11.4. The molecule has 0 aliphatic rings. The summed E-state index contributed by atoms with van der Waals surface area (Å²) in [7, 11) is -1.80. The van der Waals surface area contributed by atoms with Crippen LogP contribution in [0.1, 0.15) is 40.3 Å². The van der Waals surface area contributed by atoms with E-state index in [1.807, 2.05) is 34.6 Å². The summed E-state index contributed by atoms with van der Waals surface area (Å²) < 4.78 is 6.28. The molecule has 2 unspecified atom stereocenters. The summed E-state index contributed by atoms with van der Waals surface area (Å²) in [5.74, 6) is 0. The molecule has 0 aliphatic heterocycles. The van der Waals surface area contributed by atoms with Gasteiger partial charge < -0.3 is 15.3 Å². The third kappa shape index (κ3) is 4.69. The Bertz CT molecular complexity index is 759. The highest BCUT2D eigenvalue weighted by Crippen LogP contribution is 2.39. The van der Waals surface area contributed by atoms with E-state index in [0.717, 1.165) is 33.4 Å². The Morgan fingerprint density at radius 3 is 1.67 bits per heavy atom. The van der Waals surface area contributed by atoms with Gasteiger partial charge >= 0.3 is 0 Å². The largest absolute Gasteiger partial charge is 0.413 e. The van der Waals surface area contributed by atoms with E-state index < -0.39 is 20.0 Å². The second-order valence-electron chi connectivity index (χ2n) is 8.86. The summed E-state index contributed by atoms with van der Waals surface area (Å²) in [6.45, 7) is 16.6. The van der Waals surface area contributed by atoms with E-state index in [2.05, 4.69) is 56.0 Å². The van der Waals surface area contributed by atoms with E-state index in [-0.39, 0.29) is 6.10 Å². The molecule has 2 atom stereocenters. The lowest BCUT2D eigenvalue weighted by Gasteiger charge is -2.41. The highest BCUT2D eigenvalue weighted by atomic mass is 28.4. The predicted octanol–water partition coefficient (Wildman–Crippen LogP) is 4.72. The average molecular weight is 386 g/mol. The fraction of sp³-hybridized carbons (Fsp3) is 0.478. The van der Waals surface area contributed by atoms with Crippen molar-refractivity contribution in [1.29, 1.82) is 0 Å². The maximum atomic E-state index is 12.2. The minimum absolute atomic E-state index is 0.276. The van der Waals surface area contributed by atoms with Crippen LogP contribution in [0.2, 0.25) is 19.6 Å². The van der Waals surface area contributed by atoms with Crippen LogP contribution in [0.5, 0.6) is 0 Å². The summed E-state index contributed by atoms with van der Waals surface area (Å²) in [4.78, 5) is 0. The van der Waals surface area contributed by atoms with Crippen molar-refractivity contribution in [3.8, 4) is 0 Å². The number of benzene rings is 2. The first-order valence-corrected chi connectivity index (χ1v) is 13.1. The summed E-state index contributed by atoms with van der Waals surface area (Å²) >= 11 is 0. The molecule has 27 heavy (non-hydrogen) atoms. The fourth-order valence-corrected chi connectivity index (χ4v) is 5.03. The van der Waals surface area contributed by atoms with Gasteiger partial charge in [0.2, 0.25) is 0 Å². The van der Waals surface area contributed by atoms with Gasteiger partial charge in [-0.25, -0.2) is 0 Å². The minimum Gasteiger partial charge on any atom is -0.413 e. The number of aryl methyl sites for hydroxylation is 4. The molecule has 2 aromatic rings. The molecule has 0 aliphatic carbocycles. The second-order valence-corrected chi connectivity index (χ2v) is 13.3. The van der Waals surface area contributed by atoms with Gasteiger partial charge in [-0.2, -0.15) is 0 Å². The third-order valence-electron chi connectivity index (χ3n) is 5.13. The quantitative estimate of drug-likeness (QED) is 0.707. The Morgan fingerprint density at radius 1 is 0.889 bits per heavy atom. The van der Waals surface area contributed by atoms with Crippen LogP contribution in [0.3, 0.4) is 0 Å². The first-order chi connectivity index (χ1) is 12.4. The zero-order valence-electron chi connectivity index (χ0n) is 18.1. The van der Waals surface area contributed by atoms with E-state index in [9.17, 15) is 5.11 Å². The van der Waals surface area contributed by atoms with Crippen LogP contribution in [0.15, 0.2) is 36.4 Å². The number of aliphatic hydroxyl groups is 1. The van der Waals surface area contributed by atoms with Crippen molar-refractivity contribution in [3.05, 3.63) is 69.8 Å². The maximum Gasteiger partial charge on any atom is 0.184 e. The van der Waals surface area contributed by atoms with Gasteiger partial charge in [0, 0.05) is 0 Å². The molecule has 2 rings (SSSR count). The average Bonchev–Trinajstić information content (AvgIpc) is 2.56. The summed E-state index contributed by atoms with van der Waals surface area (Å²) in [6.07, 6.45) is -0.276. The molecule has 3 N–H and O–H groups in total. The molecule has 4 heteroatoms. The number of hydrogen-bond acceptors (Lipinski definition) is 3. The Hall–Kier alpha value is -1.46. The lowest BCUT2D eigenvalue weighted by Crippen LogP contribution is -2.55. The van der Waals surface area contributed by atoms with Crippen molar-refractivity contribution in [2.24, 2.45) is 5.73 Å². The second kappa shape index (κ2) is 7.88. The van der Waals surface area contributed by atoms with Crippen molar-refractivity contribution in [1.82, 2.24) is 0 Å². The molecule has 0 aromatic heterocycles. The molecule has 0 amide bonds. The van der Waals surface area contributed by atoms with Crippen LogP contribution in [0, 0.1) is 27.7 Å². The molecule has 2 aromatic carbocycles. The standard InChI is InChI=1S/C23H35NO2Si/c1-15-9-11-17(3)20(13-15)23(25,21-14-16(2)10-12-18(21)4)22(24)19(5)26-27(6,7)8/h9-14,19,22,25H,24H2,1-8H3. The molecule has 0 heterocycles. The van der Waals surface area contributed by atoms with E-state index in [4.69, 9.17) is 10.2 Å². The van der Waals surface area contributed by atoms with Crippen molar-refractivity contribution < 1.29 is 9.53 Å². The van der Waals surface area contributed by atoms with Crippen molar-refractivity contribution in [2.75, 3.05) is 0 Å². The van der Waals surface area contributed by atoms with Gasteiger partial charge in [0.1, 0.15) is 5.60 Å². The van der Waals surface area contributed by atoms with E-state index in [1.165, 1.54) is 0 Å². The molecule has 0 radical (unpaired) electrons. The fourth-order valence-electron chi connectivity index (χ4n) is 3.77. The first-order valence-electron chi connectivity index (χ1n) is 9.67. The van der Waals surface area contributed by atoms with Gasteiger partial charge in [-0.3, -0.25) is 0 Å². The van der Waals surface area contributed by atoms with E-state index in [0.29, 0.717) is 0 Å². The topological polar surface area (TPSA) is 55.5 Å². The van der Waals surface area contributed by atoms with Crippen LogP contribution in [0.4, 0.5) is 0 Å². The van der Waals surface area contributed by atoms with Crippen molar-refractivity contribution >= 4 is 8.32 Å². The SMILES string of the molecule is Cc1ccc(C)c(C(O)(c2cc(C)ccc2C)C(N)C(C)O[Si](C)(C)C)c1. The van der Waals surface area contributed by atoms with E-state index in [1.54, 1.807) is 0 Å². The molecule has 0 saturated carbocycles. The molecule has 0 spiro atoms. The number of nitrogens with two attached hydrogens (primary N) is 1. The van der Waals surface area contributed by atoms with Crippen LogP contribution < -0.4 is 5.73 Å². The molecular weight excluding hydrogens is 350 g/mol.